The maximum absolute atomic E-state index is 5.65. The summed E-state index contributed by atoms with van der Waals surface area (Å²) < 4.78 is 0. The molecule has 0 bridgehead atoms. The molecule has 2 heterocycles. The second kappa shape index (κ2) is 5.21. The molecule has 0 fully saturated rings. The molecule has 0 spiro atoms. The van der Waals surface area contributed by atoms with E-state index >= 15 is 0 Å². The molecular formula is C12H15N3S. The lowest BCUT2D eigenvalue weighted by molar-refractivity contribution is 0.632. The summed E-state index contributed by atoms with van der Waals surface area (Å²) in [6.07, 6.45) is 4.68. The van der Waals surface area contributed by atoms with Gasteiger partial charge in [0.2, 0.25) is 0 Å². The highest BCUT2D eigenvalue weighted by Gasteiger charge is 2.15. The van der Waals surface area contributed by atoms with Crippen molar-refractivity contribution in [2.24, 2.45) is 5.84 Å². The lowest BCUT2D eigenvalue weighted by Crippen LogP contribution is -2.29. The summed E-state index contributed by atoms with van der Waals surface area (Å²) in [5.41, 5.74) is 6.52. The molecular weight excluding hydrogens is 218 g/mol. The third-order valence-corrected chi connectivity index (χ3v) is 3.38. The molecule has 0 saturated heterocycles. The third-order valence-electron chi connectivity index (χ3n) is 2.68. The topological polar surface area (TPSA) is 50.9 Å². The molecule has 0 aliphatic heterocycles. The summed E-state index contributed by atoms with van der Waals surface area (Å²) in [6, 6.07) is 4.18. The van der Waals surface area contributed by atoms with Crippen LogP contribution in [0.5, 0.6) is 0 Å². The third kappa shape index (κ3) is 2.14. The number of hydrogen-bond acceptors (Lipinski definition) is 4. The molecule has 2 aromatic rings. The average Bonchev–Trinajstić information content (AvgIpc) is 2.84. The van der Waals surface area contributed by atoms with Gasteiger partial charge in [-0.1, -0.05) is 6.92 Å². The van der Waals surface area contributed by atoms with Gasteiger partial charge in [-0.15, -0.1) is 0 Å². The Hall–Kier alpha value is -1.23. The molecule has 1 unspecified atom stereocenters. The molecule has 84 valence electrons. The van der Waals surface area contributed by atoms with Crippen LogP contribution in [0.3, 0.4) is 0 Å². The van der Waals surface area contributed by atoms with Gasteiger partial charge in [-0.3, -0.25) is 10.8 Å². The van der Waals surface area contributed by atoms with Crippen LogP contribution < -0.4 is 11.3 Å². The van der Waals surface area contributed by atoms with E-state index in [1.807, 2.05) is 18.5 Å². The van der Waals surface area contributed by atoms with E-state index in [0.29, 0.717) is 0 Å². The van der Waals surface area contributed by atoms with Crippen LogP contribution in [0.15, 0.2) is 35.3 Å². The van der Waals surface area contributed by atoms with E-state index in [-0.39, 0.29) is 6.04 Å². The number of thiophene rings is 1. The zero-order valence-electron chi connectivity index (χ0n) is 9.18. The molecule has 0 amide bonds. The van der Waals surface area contributed by atoms with Crippen molar-refractivity contribution in [3.05, 3.63) is 52.0 Å². The Morgan fingerprint density at radius 1 is 1.50 bits per heavy atom. The minimum absolute atomic E-state index is 0.0594. The number of pyridine rings is 1. The summed E-state index contributed by atoms with van der Waals surface area (Å²) in [6.45, 7) is 2.13. The van der Waals surface area contributed by atoms with Gasteiger partial charge in [-0.05, 0) is 46.0 Å². The van der Waals surface area contributed by atoms with Crippen molar-refractivity contribution in [3.8, 4) is 0 Å². The zero-order chi connectivity index (χ0) is 11.4. The molecule has 16 heavy (non-hydrogen) atoms. The lowest BCUT2D eigenvalue weighted by atomic mass is 9.97. The molecule has 1 atom stereocenters. The largest absolute Gasteiger partial charge is 0.271 e. The molecule has 0 aliphatic carbocycles. The van der Waals surface area contributed by atoms with Gasteiger partial charge < -0.3 is 0 Å². The van der Waals surface area contributed by atoms with Crippen molar-refractivity contribution in [1.82, 2.24) is 10.4 Å². The molecule has 0 saturated carbocycles. The van der Waals surface area contributed by atoms with Crippen molar-refractivity contribution in [2.75, 3.05) is 0 Å². The highest BCUT2D eigenvalue weighted by atomic mass is 32.1. The van der Waals surface area contributed by atoms with Gasteiger partial charge in [0.15, 0.2) is 0 Å². The molecule has 0 aromatic carbocycles. The van der Waals surface area contributed by atoms with E-state index < -0.39 is 0 Å². The minimum Gasteiger partial charge on any atom is -0.271 e. The first-order chi connectivity index (χ1) is 7.86. The SMILES string of the molecule is CCc1cnccc1C(NN)c1ccsc1. The number of aryl methyl sites for hydroxylation is 1. The number of nitrogens with zero attached hydrogens (tertiary/aromatic N) is 1. The number of nitrogens with one attached hydrogen (secondary N) is 1. The van der Waals surface area contributed by atoms with Crippen LogP contribution in [-0.2, 0) is 6.42 Å². The maximum atomic E-state index is 5.65. The molecule has 2 aromatic heterocycles. The van der Waals surface area contributed by atoms with Crippen LogP contribution in [0.2, 0.25) is 0 Å². The molecule has 3 nitrogen and oxygen atoms in total. The van der Waals surface area contributed by atoms with Crippen LogP contribution in [0.1, 0.15) is 29.7 Å². The van der Waals surface area contributed by atoms with Gasteiger partial charge >= 0.3 is 0 Å². The lowest BCUT2D eigenvalue weighted by Gasteiger charge is -2.18. The minimum atomic E-state index is 0.0594. The monoisotopic (exact) mass is 233 g/mol. The van der Waals surface area contributed by atoms with Crippen molar-refractivity contribution in [3.63, 3.8) is 0 Å². The smallest absolute Gasteiger partial charge is 0.0721 e. The molecule has 0 radical (unpaired) electrons. The molecule has 2 rings (SSSR count). The average molecular weight is 233 g/mol. The zero-order valence-corrected chi connectivity index (χ0v) is 10.00. The normalized spacial score (nSPS) is 12.6. The maximum Gasteiger partial charge on any atom is 0.0721 e. The Labute approximate surface area is 99.3 Å². The summed E-state index contributed by atoms with van der Waals surface area (Å²) in [5.74, 6) is 5.65. The Morgan fingerprint density at radius 2 is 2.38 bits per heavy atom. The van der Waals surface area contributed by atoms with Crippen LogP contribution in [-0.4, -0.2) is 4.98 Å². The van der Waals surface area contributed by atoms with Crippen molar-refractivity contribution >= 4 is 11.3 Å². The molecule has 3 N–H and O–H groups in total. The fourth-order valence-electron chi connectivity index (χ4n) is 1.82. The summed E-state index contributed by atoms with van der Waals surface area (Å²) in [5, 5.41) is 4.18. The molecule has 0 aliphatic rings. The first-order valence-corrected chi connectivity index (χ1v) is 6.22. The van der Waals surface area contributed by atoms with E-state index in [9.17, 15) is 0 Å². The Kier molecular flexibility index (Phi) is 3.66. The Morgan fingerprint density at radius 3 is 3.00 bits per heavy atom. The number of hydrazine groups is 1. The summed E-state index contributed by atoms with van der Waals surface area (Å²) in [7, 11) is 0. The number of rotatable bonds is 4. The van der Waals surface area contributed by atoms with E-state index in [2.05, 4.69) is 34.2 Å². The van der Waals surface area contributed by atoms with Gasteiger partial charge in [-0.2, -0.15) is 11.3 Å². The summed E-state index contributed by atoms with van der Waals surface area (Å²) >= 11 is 1.68. The highest BCUT2D eigenvalue weighted by molar-refractivity contribution is 7.08. The van der Waals surface area contributed by atoms with Gasteiger partial charge in [0, 0.05) is 12.4 Å². The van der Waals surface area contributed by atoms with Gasteiger partial charge in [0.25, 0.3) is 0 Å². The Bertz CT molecular complexity index is 439. The first kappa shape index (κ1) is 11.3. The van der Waals surface area contributed by atoms with Crippen LogP contribution >= 0.6 is 11.3 Å². The number of nitrogens with two attached hydrogens (primary N) is 1. The van der Waals surface area contributed by atoms with E-state index in [1.165, 1.54) is 16.7 Å². The fourth-order valence-corrected chi connectivity index (χ4v) is 2.51. The van der Waals surface area contributed by atoms with Gasteiger partial charge in [0.1, 0.15) is 0 Å². The van der Waals surface area contributed by atoms with Crippen LogP contribution in [0, 0.1) is 0 Å². The van der Waals surface area contributed by atoms with Crippen molar-refractivity contribution in [1.29, 1.82) is 0 Å². The first-order valence-electron chi connectivity index (χ1n) is 5.27. The van der Waals surface area contributed by atoms with E-state index in [0.717, 1.165) is 6.42 Å². The Balaban J connectivity index is 2.41. The number of hydrogen-bond donors (Lipinski definition) is 2. The van der Waals surface area contributed by atoms with E-state index in [4.69, 9.17) is 5.84 Å². The van der Waals surface area contributed by atoms with Crippen molar-refractivity contribution < 1.29 is 0 Å². The molecule has 4 heteroatoms. The number of aromatic nitrogens is 1. The standard InChI is InChI=1S/C12H15N3S/c1-2-9-7-14-5-3-11(9)12(15-13)10-4-6-16-8-10/h3-8,12,15H,2,13H2,1H3. The second-order valence-electron chi connectivity index (χ2n) is 3.58. The predicted molar refractivity (Wildman–Crippen MR) is 67.1 cm³/mol. The van der Waals surface area contributed by atoms with Gasteiger partial charge in [0.05, 0.1) is 6.04 Å². The summed E-state index contributed by atoms with van der Waals surface area (Å²) in [4.78, 5) is 4.15. The van der Waals surface area contributed by atoms with Crippen LogP contribution in [0.4, 0.5) is 0 Å². The fraction of sp³-hybridized carbons (Fsp3) is 0.250. The highest BCUT2D eigenvalue weighted by Crippen LogP contribution is 2.25. The second-order valence-corrected chi connectivity index (χ2v) is 4.36. The van der Waals surface area contributed by atoms with Crippen LogP contribution in [0.25, 0.3) is 0 Å². The van der Waals surface area contributed by atoms with Crippen molar-refractivity contribution in [2.45, 2.75) is 19.4 Å². The van der Waals surface area contributed by atoms with Gasteiger partial charge in [-0.25, -0.2) is 5.43 Å². The van der Waals surface area contributed by atoms with E-state index in [1.54, 1.807) is 11.3 Å². The predicted octanol–water partition coefficient (Wildman–Crippen LogP) is 2.26. The quantitative estimate of drug-likeness (QED) is 0.629.